The van der Waals surface area contributed by atoms with Crippen LogP contribution in [0.15, 0.2) is 12.1 Å². The summed E-state index contributed by atoms with van der Waals surface area (Å²) in [4.78, 5) is 21.5. The molecule has 0 bridgehead atoms. The molecule has 7 heteroatoms. The van der Waals surface area contributed by atoms with Gasteiger partial charge in [-0.15, -0.1) is 0 Å². The highest BCUT2D eigenvalue weighted by Gasteiger charge is 2.15. The molecule has 4 nitrogen and oxygen atoms in total. The monoisotopic (exact) mass is 264 g/mol. The van der Waals surface area contributed by atoms with E-state index in [1.807, 2.05) is 0 Å². The van der Waals surface area contributed by atoms with Crippen LogP contribution in [0.4, 0.5) is 8.78 Å². The Labute approximate surface area is 99.8 Å². The molecule has 1 N–H and O–H groups in total. The number of rotatable bonds is 5. The van der Waals surface area contributed by atoms with Crippen LogP contribution in [0.1, 0.15) is 10.4 Å². The van der Waals surface area contributed by atoms with Crippen molar-refractivity contribution >= 4 is 23.4 Å². The van der Waals surface area contributed by atoms with Gasteiger partial charge in [0.25, 0.3) is 0 Å². The Balaban J connectivity index is 2.75. The number of carbonyl (C=O) groups is 2. The Hall–Kier alpha value is -1.53. The number of carbonyl (C=O) groups excluding carboxylic acids is 1. The van der Waals surface area contributed by atoms with Gasteiger partial charge in [-0.3, -0.25) is 4.79 Å². The number of hydrogen-bond acceptors (Lipinski definition) is 3. The summed E-state index contributed by atoms with van der Waals surface area (Å²) in [5.74, 6) is -4.35. The lowest BCUT2D eigenvalue weighted by Gasteiger charge is -2.04. The number of benzene rings is 1. The topological polar surface area (TPSA) is 63.6 Å². The maximum atomic E-state index is 12.8. The summed E-state index contributed by atoms with van der Waals surface area (Å²) in [7, 11) is 0. The summed E-state index contributed by atoms with van der Waals surface area (Å²) in [6.07, 6.45) is 0. The minimum atomic E-state index is -1.24. The molecule has 0 saturated heterocycles. The maximum absolute atomic E-state index is 12.8. The lowest BCUT2D eigenvalue weighted by atomic mass is 10.1. The smallest absolute Gasteiger partial charge is 0.329 e. The van der Waals surface area contributed by atoms with E-state index >= 15 is 0 Å². The van der Waals surface area contributed by atoms with Gasteiger partial charge in [-0.1, -0.05) is 11.6 Å². The highest BCUT2D eigenvalue weighted by molar-refractivity contribution is 6.34. The van der Waals surface area contributed by atoms with Gasteiger partial charge in [0.05, 0.1) is 5.02 Å². The fraction of sp³-hybridized carbons (Fsp3) is 0.200. The van der Waals surface area contributed by atoms with Crippen molar-refractivity contribution in [2.24, 2.45) is 0 Å². The predicted octanol–water partition coefficient (Wildman–Crippen LogP) is 1.90. The highest BCUT2D eigenvalue weighted by Crippen LogP contribution is 2.20. The van der Waals surface area contributed by atoms with Gasteiger partial charge < -0.3 is 9.84 Å². The van der Waals surface area contributed by atoms with Crippen molar-refractivity contribution in [3.05, 3.63) is 34.4 Å². The first-order chi connectivity index (χ1) is 7.91. The number of aliphatic carboxylic acids is 1. The number of halogens is 3. The lowest BCUT2D eigenvalue weighted by Crippen LogP contribution is -2.15. The Morgan fingerprint density at radius 1 is 1.24 bits per heavy atom. The van der Waals surface area contributed by atoms with Crippen LogP contribution in [-0.2, 0) is 9.53 Å². The van der Waals surface area contributed by atoms with E-state index in [9.17, 15) is 18.4 Å². The molecule has 17 heavy (non-hydrogen) atoms. The third-order valence-corrected chi connectivity index (χ3v) is 2.08. The van der Waals surface area contributed by atoms with Crippen molar-refractivity contribution in [1.82, 2.24) is 0 Å². The number of Topliss-reactive ketones (excluding diaryl/α,β-unsaturated/α-hetero) is 1. The Morgan fingerprint density at radius 2 is 1.82 bits per heavy atom. The summed E-state index contributed by atoms with van der Waals surface area (Å²) in [6, 6.07) is 1.31. The molecule has 1 rings (SSSR count). The third-order valence-electron chi connectivity index (χ3n) is 1.77. The van der Waals surface area contributed by atoms with Crippen molar-refractivity contribution in [1.29, 1.82) is 0 Å². The molecule has 0 radical (unpaired) electrons. The van der Waals surface area contributed by atoms with E-state index in [0.29, 0.717) is 12.1 Å². The van der Waals surface area contributed by atoms with Gasteiger partial charge >= 0.3 is 5.97 Å². The highest BCUT2D eigenvalue weighted by atomic mass is 35.5. The molecule has 0 unspecified atom stereocenters. The van der Waals surface area contributed by atoms with Crippen molar-refractivity contribution < 1.29 is 28.2 Å². The first-order valence-corrected chi connectivity index (χ1v) is 4.77. The summed E-state index contributed by atoms with van der Waals surface area (Å²) in [5.41, 5.74) is -0.254. The molecule has 92 valence electrons. The second-order valence-electron chi connectivity index (χ2n) is 3.06. The Morgan fingerprint density at radius 3 is 2.41 bits per heavy atom. The molecule has 0 fully saturated rings. The van der Waals surface area contributed by atoms with Crippen molar-refractivity contribution in [2.45, 2.75) is 0 Å². The van der Waals surface area contributed by atoms with Gasteiger partial charge in [-0.25, -0.2) is 13.6 Å². The molecule has 0 aromatic heterocycles. The first-order valence-electron chi connectivity index (χ1n) is 4.39. The van der Waals surface area contributed by atoms with Crippen molar-refractivity contribution in [2.75, 3.05) is 13.2 Å². The summed E-state index contributed by atoms with van der Waals surface area (Å²) in [6.45, 7) is -1.23. The zero-order valence-electron chi connectivity index (χ0n) is 8.37. The molecule has 0 aliphatic heterocycles. The summed E-state index contributed by atoms with van der Waals surface area (Å²) < 4.78 is 30.1. The molecule has 0 atom stereocenters. The van der Waals surface area contributed by atoms with Crippen LogP contribution >= 0.6 is 11.6 Å². The van der Waals surface area contributed by atoms with E-state index in [4.69, 9.17) is 16.7 Å². The molecule has 0 aliphatic carbocycles. The Bertz CT molecular complexity index is 462. The lowest BCUT2D eigenvalue weighted by molar-refractivity contribution is -0.141. The predicted molar refractivity (Wildman–Crippen MR) is 54.2 cm³/mol. The summed E-state index contributed by atoms with van der Waals surface area (Å²) >= 11 is 5.54. The van der Waals surface area contributed by atoms with Crippen LogP contribution in [0.2, 0.25) is 5.02 Å². The van der Waals surface area contributed by atoms with Crippen LogP contribution in [0, 0.1) is 11.6 Å². The van der Waals surface area contributed by atoms with Crippen molar-refractivity contribution in [3.8, 4) is 0 Å². The Kier molecular flexibility index (Phi) is 4.53. The van der Waals surface area contributed by atoms with Crippen molar-refractivity contribution in [3.63, 3.8) is 0 Å². The number of carboxylic acid groups (broad SMARTS) is 1. The molecule has 0 heterocycles. The quantitative estimate of drug-likeness (QED) is 0.652. The average molecular weight is 265 g/mol. The van der Waals surface area contributed by atoms with Crippen LogP contribution in [0.25, 0.3) is 0 Å². The van der Waals surface area contributed by atoms with E-state index < -0.39 is 36.6 Å². The standard InChI is InChI=1S/C10H7ClF2O4/c11-6-2-8(13)7(12)1-5(6)9(14)3-17-4-10(15)16/h1-2H,3-4H2,(H,15,16). The molecule has 1 aromatic carbocycles. The molecular formula is C10H7ClF2O4. The number of carboxylic acids is 1. The second kappa shape index (κ2) is 5.70. The SMILES string of the molecule is O=C(O)COCC(=O)c1cc(F)c(F)cc1Cl. The van der Waals surface area contributed by atoms with Crippen LogP contribution in [-0.4, -0.2) is 30.1 Å². The fourth-order valence-corrected chi connectivity index (χ4v) is 1.30. The van der Waals surface area contributed by atoms with Gasteiger partial charge in [0.1, 0.15) is 13.2 Å². The first kappa shape index (κ1) is 13.5. The second-order valence-corrected chi connectivity index (χ2v) is 3.46. The van der Waals surface area contributed by atoms with E-state index in [-0.39, 0.29) is 10.6 Å². The van der Waals surface area contributed by atoms with Gasteiger partial charge in [-0.05, 0) is 12.1 Å². The zero-order chi connectivity index (χ0) is 13.0. The molecule has 0 saturated carbocycles. The van der Waals surface area contributed by atoms with E-state index in [0.717, 1.165) is 0 Å². The number of ether oxygens (including phenoxy) is 1. The minimum Gasteiger partial charge on any atom is -0.480 e. The van der Waals surface area contributed by atoms with Crippen LogP contribution < -0.4 is 0 Å². The average Bonchev–Trinajstić information content (AvgIpc) is 2.22. The normalized spacial score (nSPS) is 10.3. The molecular weight excluding hydrogens is 258 g/mol. The largest absolute Gasteiger partial charge is 0.480 e. The third kappa shape index (κ3) is 3.76. The molecule has 0 amide bonds. The van der Waals surface area contributed by atoms with Gasteiger partial charge in [0, 0.05) is 5.56 Å². The summed E-state index contributed by atoms with van der Waals surface area (Å²) in [5, 5.41) is 8.00. The van der Waals surface area contributed by atoms with Gasteiger partial charge in [-0.2, -0.15) is 0 Å². The van der Waals surface area contributed by atoms with E-state index in [1.165, 1.54) is 0 Å². The van der Waals surface area contributed by atoms with E-state index in [2.05, 4.69) is 4.74 Å². The van der Waals surface area contributed by atoms with Crippen LogP contribution in [0.5, 0.6) is 0 Å². The fourth-order valence-electron chi connectivity index (χ4n) is 1.05. The maximum Gasteiger partial charge on any atom is 0.329 e. The molecule has 0 aliphatic rings. The molecule has 1 aromatic rings. The van der Waals surface area contributed by atoms with E-state index in [1.54, 1.807) is 0 Å². The number of ketones is 1. The number of hydrogen-bond donors (Lipinski definition) is 1. The zero-order valence-corrected chi connectivity index (χ0v) is 9.13. The van der Waals surface area contributed by atoms with Gasteiger partial charge in [0.2, 0.25) is 0 Å². The molecule has 0 spiro atoms. The minimum absolute atomic E-state index is 0.254. The van der Waals surface area contributed by atoms with Gasteiger partial charge in [0.15, 0.2) is 17.4 Å². The van der Waals surface area contributed by atoms with Crippen LogP contribution in [0.3, 0.4) is 0 Å².